The first-order valence-corrected chi connectivity index (χ1v) is 7.83. The molecule has 2 unspecified atom stereocenters. The quantitative estimate of drug-likeness (QED) is 0.833. The Morgan fingerprint density at radius 1 is 1.53 bits per heavy atom. The molecule has 1 aromatic heterocycles. The van der Waals surface area contributed by atoms with Gasteiger partial charge in [0.25, 0.3) is 0 Å². The number of hydrogen-bond acceptors (Lipinski definition) is 5. The molecule has 19 heavy (non-hydrogen) atoms. The number of nitrogens with two attached hydrogens (primary N) is 1. The van der Waals surface area contributed by atoms with Crippen LogP contribution in [0.15, 0.2) is 15.4 Å². The van der Waals surface area contributed by atoms with E-state index in [4.69, 9.17) is 14.9 Å². The molecular formula is C12H20N2O4S. The fourth-order valence-corrected chi connectivity index (χ4v) is 3.53. The second kappa shape index (κ2) is 5.62. The van der Waals surface area contributed by atoms with Crippen molar-refractivity contribution < 1.29 is 17.6 Å². The molecule has 3 N–H and O–H groups in total. The van der Waals surface area contributed by atoms with Crippen LogP contribution in [-0.4, -0.2) is 27.7 Å². The average Bonchev–Trinajstić information content (AvgIpc) is 2.93. The fraction of sp³-hybridized carbons (Fsp3) is 0.667. The van der Waals surface area contributed by atoms with Crippen molar-refractivity contribution in [1.82, 2.24) is 4.72 Å². The third kappa shape index (κ3) is 3.17. The molecule has 1 aliphatic rings. The Morgan fingerprint density at radius 2 is 2.26 bits per heavy atom. The lowest BCUT2D eigenvalue weighted by Gasteiger charge is -2.14. The van der Waals surface area contributed by atoms with Gasteiger partial charge < -0.3 is 14.9 Å². The molecule has 2 rings (SSSR count). The third-order valence-electron chi connectivity index (χ3n) is 3.48. The van der Waals surface area contributed by atoms with Crippen LogP contribution in [0.3, 0.4) is 0 Å². The Bertz CT molecular complexity index is 538. The Hall–Kier alpha value is -0.890. The van der Waals surface area contributed by atoms with Crippen molar-refractivity contribution >= 4 is 10.0 Å². The molecular weight excluding hydrogens is 268 g/mol. The lowest BCUT2D eigenvalue weighted by molar-refractivity contribution is 0.107. The molecule has 7 heteroatoms. The van der Waals surface area contributed by atoms with Gasteiger partial charge in [-0.15, -0.1) is 0 Å². The second-order valence-corrected chi connectivity index (χ2v) is 6.55. The van der Waals surface area contributed by atoms with E-state index in [-0.39, 0.29) is 23.5 Å². The van der Waals surface area contributed by atoms with Crippen molar-refractivity contribution in [2.24, 2.45) is 11.7 Å². The number of nitrogens with one attached hydrogen (secondary N) is 1. The summed E-state index contributed by atoms with van der Waals surface area (Å²) in [5.41, 5.74) is 5.44. The van der Waals surface area contributed by atoms with E-state index in [1.165, 1.54) is 6.07 Å². The fourth-order valence-electron chi connectivity index (χ4n) is 2.23. The highest BCUT2D eigenvalue weighted by Gasteiger charge is 2.27. The minimum absolute atomic E-state index is 0.0905. The molecule has 0 aromatic carbocycles. The predicted molar refractivity (Wildman–Crippen MR) is 70.0 cm³/mol. The molecule has 0 saturated carbocycles. The van der Waals surface area contributed by atoms with Crippen LogP contribution in [0.25, 0.3) is 0 Å². The molecule has 2 heterocycles. The summed E-state index contributed by atoms with van der Waals surface area (Å²) in [4.78, 5) is 0.166. The zero-order valence-electron chi connectivity index (χ0n) is 11.2. The molecule has 1 aliphatic heterocycles. The van der Waals surface area contributed by atoms with Gasteiger partial charge in [-0.1, -0.05) is 0 Å². The van der Waals surface area contributed by atoms with Crippen molar-refractivity contribution in [2.75, 3.05) is 13.2 Å². The first-order valence-electron chi connectivity index (χ1n) is 6.34. The summed E-state index contributed by atoms with van der Waals surface area (Å²) in [6.45, 7) is 4.84. The normalized spacial score (nSPS) is 23.9. The molecule has 0 bridgehead atoms. The summed E-state index contributed by atoms with van der Waals surface area (Å²) >= 11 is 0. The molecule has 1 saturated heterocycles. The maximum atomic E-state index is 12.2. The topological polar surface area (TPSA) is 94.6 Å². The minimum atomic E-state index is -3.55. The highest BCUT2D eigenvalue weighted by Crippen LogP contribution is 2.22. The summed E-state index contributed by atoms with van der Waals surface area (Å²) in [6, 6.07) is 1.48. The van der Waals surface area contributed by atoms with E-state index in [1.807, 2.05) is 6.92 Å². The van der Waals surface area contributed by atoms with E-state index in [2.05, 4.69) is 4.72 Å². The molecule has 6 nitrogen and oxygen atoms in total. The second-order valence-electron chi connectivity index (χ2n) is 4.81. The smallest absolute Gasteiger partial charge is 0.244 e. The Labute approximate surface area is 113 Å². The van der Waals surface area contributed by atoms with Crippen molar-refractivity contribution in [3.63, 3.8) is 0 Å². The van der Waals surface area contributed by atoms with Gasteiger partial charge in [-0.05, 0) is 20.3 Å². The van der Waals surface area contributed by atoms with E-state index < -0.39 is 10.0 Å². The van der Waals surface area contributed by atoms with Crippen LogP contribution >= 0.6 is 0 Å². The molecule has 0 aliphatic carbocycles. The van der Waals surface area contributed by atoms with Crippen LogP contribution in [-0.2, 0) is 21.3 Å². The zero-order valence-corrected chi connectivity index (χ0v) is 12.0. The molecule has 0 amide bonds. The summed E-state index contributed by atoms with van der Waals surface area (Å²) in [5, 5.41) is 0. The number of ether oxygens (including phenoxy) is 1. The highest BCUT2D eigenvalue weighted by atomic mass is 32.2. The Kier molecular flexibility index (Phi) is 4.29. The number of furan rings is 1. The summed E-state index contributed by atoms with van der Waals surface area (Å²) < 4.78 is 37.7. The number of hydrogen-bond donors (Lipinski definition) is 2. The average molecular weight is 288 g/mol. The predicted octanol–water partition coefficient (Wildman–Crippen LogP) is 0.750. The molecule has 1 aromatic rings. The van der Waals surface area contributed by atoms with E-state index in [0.29, 0.717) is 24.7 Å². The van der Waals surface area contributed by atoms with Gasteiger partial charge in [0.1, 0.15) is 16.4 Å². The first-order chi connectivity index (χ1) is 8.94. The van der Waals surface area contributed by atoms with Crippen molar-refractivity contribution in [3.8, 4) is 0 Å². The Morgan fingerprint density at radius 3 is 2.79 bits per heavy atom. The van der Waals surface area contributed by atoms with E-state index in [1.54, 1.807) is 6.92 Å². The third-order valence-corrected chi connectivity index (χ3v) is 5.01. The van der Waals surface area contributed by atoms with E-state index >= 15 is 0 Å². The SMILES string of the molecule is Cc1oc(CN)cc1S(=O)(=O)NCC1CCOC1C. The highest BCUT2D eigenvalue weighted by molar-refractivity contribution is 7.89. The lowest BCUT2D eigenvalue weighted by atomic mass is 10.0. The van der Waals surface area contributed by atoms with Gasteiger partial charge in [0.05, 0.1) is 12.6 Å². The first kappa shape index (κ1) is 14.5. The number of sulfonamides is 1. The molecule has 0 spiro atoms. The summed E-state index contributed by atoms with van der Waals surface area (Å²) in [6.07, 6.45) is 0.968. The van der Waals surface area contributed by atoms with Gasteiger partial charge >= 0.3 is 0 Å². The van der Waals surface area contributed by atoms with Crippen LogP contribution in [0.4, 0.5) is 0 Å². The standard InChI is InChI=1S/C12H20N2O4S/c1-8-10(3-4-17-8)7-14-19(15,16)12-5-11(6-13)18-9(12)2/h5,8,10,14H,3-4,6-7,13H2,1-2H3. The van der Waals surface area contributed by atoms with Gasteiger partial charge in [-0.2, -0.15) is 0 Å². The number of rotatable bonds is 5. The van der Waals surface area contributed by atoms with Gasteiger partial charge in [0.15, 0.2) is 0 Å². The van der Waals surface area contributed by atoms with E-state index in [9.17, 15) is 8.42 Å². The van der Waals surface area contributed by atoms with Crippen LogP contribution in [0.5, 0.6) is 0 Å². The van der Waals surface area contributed by atoms with Gasteiger partial charge in [0.2, 0.25) is 10.0 Å². The molecule has 108 valence electrons. The zero-order chi connectivity index (χ0) is 14.0. The van der Waals surface area contributed by atoms with Crippen molar-refractivity contribution in [1.29, 1.82) is 0 Å². The monoisotopic (exact) mass is 288 g/mol. The van der Waals surface area contributed by atoms with Crippen molar-refractivity contribution in [3.05, 3.63) is 17.6 Å². The maximum absolute atomic E-state index is 12.2. The minimum Gasteiger partial charge on any atom is -0.464 e. The van der Waals surface area contributed by atoms with Gasteiger partial charge in [0, 0.05) is 25.1 Å². The van der Waals surface area contributed by atoms with Gasteiger partial charge in [-0.3, -0.25) is 0 Å². The molecule has 0 radical (unpaired) electrons. The van der Waals surface area contributed by atoms with Gasteiger partial charge in [-0.25, -0.2) is 13.1 Å². The molecule has 2 atom stereocenters. The molecule has 1 fully saturated rings. The van der Waals surface area contributed by atoms with Crippen LogP contribution in [0.2, 0.25) is 0 Å². The van der Waals surface area contributed by atoms with E-state index in [0.717, 1.165) is 6.42 Å². The lowest BCUT2D eigenvalue weighted by Crippen LogP contribution is -2.32. The van der Waals surface area contributed by atoms with Crippen molar-refractivity contribution in [2.45, 2.75) is 37.8 Å². The largest absolute Gasteiger partial charge is 0.464 e. The number of aryl methyl sites for hydroxylation is 1. The Balaban J connectivity index is 2.07. The van der Waals surface area contributed by atoms with Crippen LogP contribution in [0, 0.1) is 12.8 Å². The summed E-state index contributed by atoms with van der Waals surface area (Å²) in [7, 11) is -3.55. The van der Waals surface area contributed by atoms with Crippen LogP contribution in [0.1, 0.15) is 24.9 Å². The summed E-state index contributed by atoms with van der Waals surface area (Å²) in [5.74, 6) is 1.05. The maximum Gasteiger partial charge on any atom is 0.244 e. The van der Waals surface area contributed by atoms with Crippen LogP contribution < -0.4 is 10.5 Å².